The van der Waals surface area contributed by atoms with E-state index in [0.717, 1.165) is 69.0 Å². The van der Waals surface area contributed by atoms with E-state index < -0.39 is 0 Å². The maximum Gasteiger partial charge on any atom is 0.222 e. The number of hydrogen-bond acceptors (Lipinski definition) is 4. The first-order chi connectivity index (χ1) is 12.5. The highest BCUT2D eigenvalue weighted by Crippen LogP contribution is 2.23. The van der Waals surface area contributed by atoms with Gasteiger partial charge in [0.2, 0.25) is 5.91 Å². The molecule has 2 atom stereocenters. The Morgan fingerprint density at radius 3 is 2.35 bits per heavy atom. The number of rotatable bonds is 6. The number of likely N-dealkylation sites (tertiary alicyclic amines) is 1. The molecule has 0 radical (unpaired) electrons. The topological polar surface area (TPSA) is 52.8 Å². The lowest BCUT2D eigenvalue weighted by Crippen LogP contribution is -2.50. The Kier molecular flexibility index (Phi) is 6.54. The van der Waals surface area contributed by atoms with E-state index in [1.165, 1.54) is 12.8 Å². The van der Waals surface area contributed by atoms with Crippen LogP contribution in [0.5, 0.6) is 0 Å². The molecule has 0 bridgehead atoms. The van der Waals surface area contributed by atoms with Crippen LogP contribution < -0.4 is 5.73 Å². The standard InChI is InChI=1S/C21H34N4O/c1-17-7-8-18(2)25(17)16-13-23-11-14-24(15-12-23)21(26)10-9-19-5-3-4-6-20(19)22/h3-6,17-18H,7-16,22H2,1-2H3. The van der Waals surface area contributed by atoms with Gasteiger partial charge < -0.3 is 10.6 Å². The molecule has 1 amide bonds. The molecule has 26 heavy (non-hydrogen) atoms. The van der Waals surface area contributed by atoms with Gasteiger partial charge in [0, 0.05) is 63.5 Å². The van der Waals surface area contributed by atoms with E-state index >= 15 is 0 Å². The van der Waals surface area contributed by atoms with Crippen LogP contribution in [-0.4, -0.2) is 72.0 Å². The predicted octanol–water partition coefficient (Wildman–Crippen LogP) is 2.22. The average molecular weight is 359 g/mol. The van der Waals surface area contributed by atoms with Crippen LogP contribution in [0.25, 0.3) is 0 Å². The third kappa shape index (κ3) is 4.77. The number of hydrogen-bond donors (Lipinski definition) is 1. The van der Waals surface area contributed by atoms with Crippen molar-refractivity contribution in [1.29, 1.82) is 0 Å². The van der Waals surface area contributed by atoms with E-state index in [4.69, 9.17) is 5.73 Å². The number of anilines is 1. The van der Waals surface area contributed by atoms with Gasteiger partial charge >= 0.3 is 0 Å². The molecule has 2 fully saturated rings. The lowest BCUT2D eigenvalue weighted by molar-refractivity contribution is -0.132. The van der Waals surface area contributed by atoms with Crippen LogP contribution in [-0.2, 0) is 11.2 Å². The first kappa shape index (κ1) is 19.2. The van der Waals surface area contributed by atoms with Gasteiger partial charge in [-0.1, -0.05) is 18.2 Å². The molecular formula is C21H34N4O. The summed E-state index contributed by atoms with van der Waals surface area (Å²) in [6, 6.07) is 9.28. The smallest absolute Gasteiger partial charge is 0.222 e. The summed E-state index contributed by atoms with van der Waals surface area (Å²) in [6.07, 6.45) is 3.94. The number of amides is 1. The normalized spacial score (nSPS) is 24.9. The summed E-state index contributed by atoms with van der Waals surface area (Å²) in [5, 5.41) is 0. The number of carbonyl (C=O) groups excluding carboxylic acids is 1. The van der Waals surface area contributed by atoms with E-state index in [0.29, 0.717) is 6.42 Å². The number of carbonyl (C=O) groups is 1. The Hall–Kier alpha value is -1.59. The van der Waals surface area contributed by atoms with E-state index in [-0.39, 0.29) is 5.91 Å². The first-order valence-electron chi connectivity index (χ1n) is 10.1. The van der Waals surface area contributed by atoms with Gasteiger partial charge in [-0.2, -0.15) is 0 Å². The highest BCUT2D eigenvalue weighted by molar-refractivity contribution is 5.76. The Morgan fingerprint density at radius 2 is 1.69 bits per heavy atom. The van der Waals surface area contributed by atoms with E-state index in [1.807, 2.05) is 29.2 Å². The Labute approximate surface area is 158 Å². The molecular weight excluding hydrogens is 324 g/mol. The molecule has 2 N–H and O–H groups in total. The maximum absolute atomic E-state index is 12.5. The highest BCUT2D eigenvalue weighted by atomic mass is 16.2. The van der Waals surface area contributed by atoms with Gasteiger partial charge in [-0.3, -0.25) is 14.6 Å². The summed E-state index contributed by atoms with van der Waals surface area (Å²) in [4.78, 5) is 19.7. The molecule has 1 aromatic carbocycles. The minimum absolute atomic E-state index is 0.259. The molecule has 2 aliphatic rings. The Balaban J connectivity index is 1.38. The molecule has 3 rings (SSSR count). The first-order valence-corrected chi connectivity index (χ1v) is 10.1. The molecule has 0 aliphatic carbocycles. The number of nitrogens with zero attached hydrogens (tertiary/aromatic N) is 3. The van der Waals surface area contributed by atoms with Gasteiger partial charge in [0.25, 0.3) is 0 Å². The van der Waals surface area contributed by atoms with Gasteiger partial charge in [0.05, 0.1) is 0 Å². The summed E-state index contributed by atoms with van der Waals surface area (Å²) in [6.45, 7) is 10.7. The summed E-state index contributed by atoms with van der Waals surface area (Å²) in [5.74, 6) is 0.259. The van der Waals surface area contributed by atoms with Crippen molar-refractivity contribution in [3.8, 4) is 0 Å². The number of nitrogens with two attached hydrogens (primary N) is 1. The summed E-state index contributed by atoms with van der Waals surface area (Å²) in [5.41, 5.74) is 7.84. The Bertz CT molecular complexity index is 587. The zero-order valence-electron chi connectivity index (χ0n) is 16.4. The lowest BCUT2D eigenvalue weighted by atomic mass is 10.1. The second-order valence-electron chi connectivity index (χ2n) is 7.93. The minimum atomic E-state index is 0.259. The van der Waals surface area contributed by atoms with Crippen molar-refractivity contribution in [2.24, 2.45) is 0 Å². The Morgan fingerprint density at radius 1 is 1.04 bits per heavy atom. The van der Waals surface area contributed by atoms with Crippen molar-refractivity contribution in [2.75, 3.05) is 45.0 Å². The van der Waals surface area contributed by atoms with Crippen molar-refractivity contribution in [2.45, 2.75) is 51.6 Å². The van der Waals surface area contributed by atoms with Crippen molar-refractivity contribution in [3.05, 3.63) is 29.8 Å². The van der Waals surface area contributed by atoms with Crippen LogP contribution in [0.2, 0.25) is 0 Å². The fourth-order valence-corrected chi connectivity index (χ4v) is 4.33. The van der Waals surface area contributed by atoms with E-state index in [2.05, 4.69) is 23.6 Å². The number of benzene rings is 1. The maximum atomic E-state index is 12.5. The number of para-hydroxylation sites is 1. The minimum Gasteiger partial charge on any atom is -0.399 e. The molecule has 1 aromatic rings. The van der Waals surface area contributed by atoms with Crippen molar-refractivity contribution in [1.82, 2.24) is 14.7 Å². The third-order valence-corrected chi connectivity index (χ3v) is 6.20. The summed E-state index contributed by atoms with van der Waals surface area (Å²) >= 11 is 0. The monoisotopic (exact) mass is 358 g/mol. The number of aryl methyl sites for hydroxylation is 1. The fraction of sp³-hybridized carbons (Fsp3) is 0.667. The average Bonchev–Trinajstić information content (AvgIpc) is 2.97. The van der Waals surface area contributed by atoms with Gasteiger partial charge in [-0.05, 0) is 44.7 Å². The van der Waals surface area contributed by atoms with Crippen molar-refractivity contribution in [3.63, 3.8) is 0 Å². The van der Waals surface area contributed by atoms with Crippen LogP contribution >= 0.6 is 0 Å². The van der Waals surface area contributed by atoms with Crippen LogP contribution in [0.4, 0.5) is 5.69 Å². The van der Waals surface area contributed by atoms with Crippen LogP contribution in [0.15, 0.2) is 24.3 Å². The number of piperazine rings is 1. The molecule has 2 heterocycles. The lowest BCUT2D eigenvalue weighted by Gasteiger charge is -2.36. The highest BCUT2D eigenvalue weighted by Gasteiger charge is 2.28. The van der Waals surface area contributed by atoms with Crippen molar-refractivity contribution >= 4 is 11.6 Å². The fourth-order valence-electron chi connectivity index (χ4n) is 4.33. The van der Waals surface area contributed by atoms with Crippen LogP contribution in [0.1, 0.15) is 38.7 Å². The van der Waals surface area contributed by atoms with Gasteiger partial charge in [0.15, 0.2) is 0 Å². The molecule has 144 valence electrons. The SMILES string of the molecule is CC1CCC(C)N1CCN1CCN(C(=O)CCc2ccccc2N)CC1. The summed E-state index contributed by atoms with van der Waals surface area (Å²) < 4.78 is 0. The third-order valence-electron chi connectivity index (χ3n) is 6.20. The molecule has 0 saturated carbocycles. The van der Waals surface area contributed by atoms with Gasteiger partial charge in [-0.25, -0.2) is 0 Å². The van der Waals surface area contributed by atoms with E-state index in [1.54, 1.807) is 0 Å². The zero-order chi connectivity index (χ0) is 18.5. The number of nitrogen functional groups attached to an aromatic ring is 1. The second kappa shape index (κ2) is 8.87. The molecule has 5 heteroatoms. The van der Waals surface area contributed by atoms with Crippen molar-refractivity contribution < 1.29 is 4.79 Å². The molecule has 5 nitrogen and oxygen atoms in total. The summed E-state index contributed by atoms with van der Waals surface area (Å²) in [7, 11) is 0. The quantitative estimate of drug-likeness (QED) is 0.792. The van der Waals surface area contributed by atoms with Gasteiger partial charge in [0.1, 0.15) is 0 Å². The largest absolute Gasteiger partial charge is 0.399 e. The van der Waals surface area contributed by atoms with Crippen LogP contribution in [0, 0.1) is 0 Å². The van der Waals surface area contributed by atoms with Crippen LogP contribution in [0.3, 0.4) is 0 Å². The van der Waals surface area contributed by atoms with Gasteiger partial charge in [-0.15, -0.1) is 0 Å². The van der Waals surface area contributed by atoms with E-state index in [9.17, 15) is 4.79 Å². The predicted molar refractivity (Wildman–Crippen MR) is 107 cm³/mol. The molecule has 2 saturated heterocycles. The molecule has 2 unspecified atom stereocenters. The molecule has 0 spiro atoms. The molecule has 0 aromatic heterocycles. The zero-order valence-corrected chi connectivity index (χ0v) is 16.4. The second-order valence-corrected chi connectivity index (χ2v) is 7.93. The molecule has 2 aliphatic heterocycles.